The third-order valence-electron chi connectivity index (χ3n) is 6.73. The Balaban J connectivity index is 1.73. The number of nitrogens with zero attached hydrogens (tertiary/aromatic N) is 2. The molecule has 1 aliphatic carbocycles. The molecule has 0 aliphatic heterocycles. The Kier molecular flexibility index (Phi) is 10.1. The Hall–Kier alpha value is -3.41. The number of thiazole rings is 1. The number of ether oxygens (including phenoxy) is 1. The van der Waals surface area contributed by atoms with Crippen LogP contribution in [-0.4, -0.2) is 47.5 Å². The molecule has 3 N–H and O–H groups in total. The fourth-order valence-corrected chi connectivity index (χ4v) is 5.54. The van der Waals surface area contributed by atoms with Gasteiger partial charge in [0.15, 0.2) is 0 Å². The number of rotatable bonds is 11. The Bertz CT molecular complexity index is 1200. The van der Waals surface area contributed by atoms with Crippen LogP contribution in [0.25, 0.3) is 10.6 Å². The van der Waals surface area contributed by atoms with E-state index in [1.54, 1.807) is 23.4 Å². The van der Waals surface area contributed by atoms with Gasteiger partial charge in [0.05, 0.1) is 28.8 Å². The van der Waals surface area contributed by atoms with Crippen LogP contribution in [-0.2, 0) is 26.9 Å². The number of carbonyl (C=O) groups is 3. The van der Waals surface area contributed by atoms with E-state index in [0.717, 1.165) is 37.1 Å². The van der Waals surface area contributed by atoms with Gasteiger partial charge in [-0.05, 0) is 56.7 Å². The van der Waals surface area contributed by atoms with E-state index < -0.39 is 41.7 Å². The van der Waals surface area contributed by atoms with Crippen molar-refractivity contribution >= 4 is 34.9 Å². The zero-order chi connectivity index (χ0) is 28.7. The van der Waals surface area contributed by atoms with Crippen molar-refractivity contribution in [2.45, 2.75) is 57.7 Å². The fourth-order valence-electron chi connectivity index (χ4n) is 4.60. The molecule has 0 unspecified atom stereocenters. The molecule has 0 bridgehead atoms. The number of hydrogen-bond donors (Lipinski definition) is 2. The maximum absolute atomic E-state index is 13.4. The molecule has 1 aromatic heterocycles. The van der Waals surface area contributed by atoms with Crippen LogP contribution in [0.2, 0.25) is 0 Å². The molecule has 3 atom stereocenters. The Labute approximate surface area is 229 Å². The first-order valence-corrected chi connectivity index (χ1v) is 13.6. The molecule has 3 amide bonds. The SMILES string of the molecule is C=CCCCCN(C)C(=O)[C@@H]1C[C@H](OC(=O)Nc2cc(C(F)(F)F)ccc2-c2nc(CC)cs2)C[C@H]1C(N)=O. The first-order valence-electron chi connectivity index (χ1n) is 12.7. The number of unbranched alkanes of at least 4 members (excludes halogenated alkanes) is 2. The molecule has 212 valence electrons. The van der Waals surface area contributed by atoms with Crippen LogP contribution in [0.4, 0.5) is 23.7 Å². The molecular weight excluding hydrogens is 533 g/mol. The lowest BCUT2D eigenvalue weighted by Gasteiger charge is -2.23. The summed E-state index contributed by atoms with van der Waals surface area (Å²) in [5, 5.41) is 4.66. The van der Waals surface area contributed by atoms with E-state index >= 15 is 0 Å². The van der Waals surface area contributed by atoms with Gasteiger partial charge in [0.25, 0.3) is 0 Å². The predicted molar refractivity (Wildman–Crippen MR) is 143 cm³/mol. The second-order valence-electron chi connectivity index (χ2n) is 9.54. The highest BCUT2D eigenvalue weighted by Gasteiger charge is 2.44. The highest BCUT2D eigenvalue weighted by Crippen LogP contribution is 2.38. The van der Waals surface area contributed by atoms with Crippen LogP contribution >= 0.6 is 11.3 Å². The summed E-state index contributed by atoms with van der Waals surface area (Å²) in [5.41, 5.74) is 5.59. The minimum absolute atomic E-state index is 0.0469. The van der Waals surface area contributed by atoms with Gasteiger partial charge in [-0.25, -0.2) is 9.78 Å². The topological polar surface area (TPSA) is 115 Å². The minimum Gasteiger partial charge on any atom is -0.446 e. The number of nitrogens with one attached hydrogen (secondary N) is 1. The summed E-state index contributed by atoms with van der Waals surface area (Å²) in [4.78, 5) is 43.9. The fraction of sp³-hybridized carbons (Fsp3) is 0.481. The number of aryl methyl sites for hydroxylation is 1. The lowest BCUT2D eigenvalue weighted by atomic mass is 9.94. The largest absolute Gasteiger partial charge is 0.446 e. The summed E-state index contributed by atoms with van der Waals surface area (Å²) in [6, 6.07) is 3.02. The molecule has 1 heterocycles. The van der Waals surface area contributed by atoms with E-state index in [0.29, 0.717) is 23.5 Å². The Morgan fingerprint density at radius 1 is 1.26 bits per heavy atom. The third-order valence-corrected chi connectivity index (χ3v) is 7.66. The number of carbonyl (C=O) groups excluding carboxylic acids is 3. The van der Waals surface area contributed by atoms with E-state index in [-0.39, 0.29) is 24.4 Å². The normalized spacial score (nSPS) is 18.9. The van der Waals surface area contributed by atoms with Gasteiger partial charge in [0.2, 0.25) is 11.8 Å². The molecule has 0 saturated heterocycles. The number of amides is 3. The highest BCUT2D eigenvalue weighted by molar-refractivity contribution is 7.13. The molecule has 0 spiro atoms. The lowest BCUT2D eigenvalue weighted by molar-refractivity contribution is -0.139. The molecule has 1 saturated carbocycles. The number of primary amides is 1. The zero-order valence-electron chi connectivity index (χ0n) is 21.9. The van der Waals surface area contributed by atoms with Crippen molar-refractivity contribution < 1.29 is 32.3 Å². The number of benzene rings is 1. The third kappa shape index (κ3) is 7.81. The molecular formula is C27H33F3N4O4S. The van der Waals surface area contributed by atoms with Crippen molar-refractivity contribution in [3.63, 3.8) is 0 Å². The molecule has 0 radical (unpaired) electrons. The van der Waals surface area contributed by atoms with Gasteiger partial charge in [-0.3, -0.25) is 14.9 Å². The average molecular weight is 567 g/mol. The van der Waals surface area contributed by atoms with Crippen molar-refractivity contribution in [1.29, 1.82) is 0 Å². The van der Waals surface area contributed by atoms with Crippen LogP contribution in [0.3, 0.4) is 0 Å². The minimum atomic E-state index is -4.62. The van der Waals surface area contributed by atoms with Gasteiger partial charge in [0.1, 0.15) is 11.1 Å². The second-order valence-corrected chi connectivity index (χ2v) is 10.4. The highest BCUT2D eigenvalue weighted by atomic mass is 32.1. The molecule has 1 fully saturated rings. The van der Waals surface area contributed by atoms with Gasteiger partial charge in [-0.1, -0.05) is 13.0 Å². The quantitative estimate of drug-likeness (QED) is 0.270. The summed E-state index contributed by atoms with van der Waals surface area (Å²) in [6.45, 7) is 6.07. The molecule has 3 rings (SSSR count). The van der Waals surface area contributed by atoms with Crippen LogP contribution in [0, 0.1) is 11.8 Å². The molecule has 1 aromatic carbocycles. The summed E-state index contributed by atoms with van der Waals surface area (Å²) in [5.74, 6) is -2.51. The second kappa shape index (κ2) is 13.1. The smallest absolute Gasteiger partial charge is 0.416 e. The maximum atomic E-state index is 13.4. The standard InChI is InChI=1S/C27H33F3N4O4S/c1-4-6-7-8-11-34(3)25(36)21-14-18(13-20(21)23(31)35)38-26(37)33-22-12-16(27(28,29)30)9-10-19(22)24-32-17(5-2)15-39-24/h4,9-10,12,15,18,20-21H,1,5-8,11,13-14H2,2-3H3,(H2,31,35)(H,33,37)/t18-,20-,21-/m1/s1. The molecule has 1 aliphatic rings. The number of anilines is 1. The molecule has 39 heavy (non-hydrogen) atoms. The number of halogens is 3. The zero-order valence-corrected chi connectivity index (χ0v) is 22.7. The van der Waals surface area contributed by atoms with Crippen molar-refractivity contribution in [3.05, 3.63) is 47.5 Å². The van der Waals surface area contributed by atoms with E-state index in [2.05, 4.69) is 16.9 Å². The van der Waals surface area contributed by atoms with Crippen LogP contribution in [0.15, 0.2) is 36.2 Å². The van der Waals surface area contributed by atoms with E-state index in [1.807, 2.05) is 6.92 Å². The van der Waals surface area contributed by atoms with E-state index in [9.17, 15) is 27.6 Å². The van der Waals surface area contributed by atoms with Gasteiger partial charge >= 0.3 is 12.3 Å². The average Bonchev–Trinajstić information content (AvgIpc) is 3.53. The van der Waals surface area contributed by atoms with Gasteiger partial charge in [-0.2, -0.15) is 13.2 Å². The van der Waals surface area contributed by atoms with Crippen LogP contribution in [0.1, 0.15) is 50.3 Å². The number of alkyl halides is 3. The number of nitrogens with two attached hydrogens (primary N) is 1. The van der Waals surface area contributed by atoms with E-state index in [1.165, 1.54) is 17.4 Å². The van der Waals surface area contributed by atoms with Gasteiger partial charge in [-0.15, -0.1) is 17.9 Å². The summed E-state index contributed by atoms with van der Waals surface area (Å²) < 4.78 is 45.7. The van der Waals surface area contributed by atoms with Gasteiger partial charge in [0, 0.05) is 24.5 Å². The maximum Gasteiger partial charge on any atom is 0.416 e. The van der Waals surface area contributed by atoms with Gasteiger partial charge < -0.3 is 15.4 Å². The summed E-state index contributed by atoms with van der Waals surface area (Å²) in [7, 11) is 1.65. The number of hydrogen-bond acceptors (Lipinski definition) is 6. The van der Waals surface area contributed by atoms with Crippen molar-refractivity contribution in [3.8, 4) is 10.6 Å². The van der Waals surface area contributed by atoms with Crippen molar-refractivity contribution in [2.24, 2.45) is 17.6 Å². The summed E-state index contributed by atoms with van der Waals surface area (Å²) >= 11 is 1.25. The van der Waals surface area contributed by atoms with Crippen molar-refractivity contribution in [1.82, 2.24) is 9.88 Å². The van der Waals surface area contributed by atoms with Crippen molar-refractivity contribution in [2.75, 3.05) is 18.9 Å². The predicted octanol–water partition coefficient (Wildman–Crippen LogP) is 5.63. The molecule has 8 nitrogen and oxygen atoms in total. The van der Waals surface area contributed by atoms with E-state index in [4.69, 9.17) is 10.5 Å². The lowest BCUT2D eigenvalue weighted by Crippen LogP contribution is -2.39. The monoisotopic (exact) mass is 566 g/mol. The Morgan fingerprint density at radius 3 is 2.59 bits per heavy atom. The van der Waals surface area contributed by atoms with Crippen LogP contribution < -0.4 is 11.1 Å². The first kappa shape index (κ1) is 30.1. The van der Waals surface area contributed by atoms with Crippen LogP contribution in [0.5, 0.6) is 0 Å². The summed E-state index contributed by atoms with van der Waals surface area (Å²) in [6.07, 6.45) is -1.39. The number of allylic oxidation sites excluding steroid dienone is 1. The molecule has 2 aromatic rings. The first-order chi connectivity index (χ1) is 18.4. The molecule has 12 heteroatoms. The Morgan fingerprint density at radius 2 is 1.97 bits per heavy atom. The number of aromatic nitrogens is 1.